The van der Waals surface area contributed by atoms with Gasteiger partial charge in [-0.3, -0.25) is 4.90 Å². The molecule has 2 rings (SSSR count). The molecule has 1 aliphatic heterocycles. The summed E-state index contributed by atoms with van der Waals surface area (Å²) in [5, 5.41) is 8.97. The van der Waals surface area contributed by atoms with Crippen LogP contribution in [-0.4, -0.2) is 37.3 Å². The van der Waals surface area contributed by atoms with Crippen molar-refractivity contribution >= 4 is 0 Å². The van der Waals surface area contributed by atoms with Crippen LogP contribution >= 0.6 is 0 Å². The molecule has 4 nitrogen and oxygen atoms in total. The number of nitriles is 1. The Bertz CT molecular complexity index is 472. The molecule has 1 heterocycles. The van der Waals surface area contributed by atoms with Gasteiger partial charge in [-0.1, -0.05) is 6.07 Å². The van der Waals surface area contributed by atoms with Crippen molar-refractivity contribution in [3.8, 4) is 11.8 Å². The van der Waals surface area contributed by atoms with Crippen molar-refractivity contribution in [2.24, 2.45) is 0 Å². The highest BCUT2D eigenvalue weighted by Crippen LogP contribution is 2.21. The number of methoxy groups -OCH3 is 1. The molecule has 19 heavy (non-hydrogen) atoms. The van der Waals surface area contributed by atoms with Crippen LogP contribution in [0.25, 0.3) is 0 Å². The highest BCUT2D eigenvalue weighted by atomic mass is 16.5. The van der Waals surface area contributed by atoms with Crippen LogP contribution in [-0.2, 0) is 11.3 Å². The SMILES string of the molecule is COc1cc(CN2CC(C)OC(C)C2)ccc1C#N. The van der Waals surface area contributed by atoms with Gasteiger partial charge in [-0.25, -0.2) is 0 Å². The fourth-order valence-corrected chi connectivity index (χ4v) is 2.60. The lowest BCUT2D eigenvalue weighted by molar-refractivity contribution is -0.0704. The van der Waals surface area contributed by atoms with Crippen molar-refractivity contribution in [1.82, 2.24) is 4.90 Å². The monoisotopic (exact) mass is 260 g/mol. The van der Waals surface area contributed by atoms with Gasteiger partial charge in [0.15, 0.2) is 0 Å². The van der Waals surface area contributed by atoms with Crippen LogP contribution in [0.3, 0.4) is 0 Å². The first-order valence-corrected chi connectivity index (χ1v) is 6.57. The van der Waals surface area contributed by atoms with Gasteiger partial charge in [0, 0.05) is 19.6 Å². The fraction of sp³-hybridized carbons (Fsp3) is 0.533. The summed E-state index contributed by atoms with van der Waals surface area (Å²) in [4.78, 5) is 2.37. The number of ether oxygens (including phenoxy) is 2. The summed E-state index contributed by atoms with van der Waals surface area (Å²) in [5.41, 5.74) is 1.74. The minimum Gasteiger partial charge on any atom is -0.495 e. The van der Waals surface area contributed by atoms with Gasteiger partial charge >= 0.3 is 0 Å². The predicted molar refractivity (Wildman–Crippen MR) is 73.0 cm³/mol. The van der Waals surface area contributed by atoms with Crippen molar-refractivity contribution in [2.75, 3.05) is 20.2 Å². The van der Waals surface area contributed by atoms with Gasteiger partial charge in [0.1, 0.15) is 11.8 Å². The maximum Gasteiger partial charge on any atom is 0.136 e. The van der Waals surface area contributed by atoms with E-state index in [1.165, 1.54) is 0 Å². The lowest BCUT2D eigenvalue weighted by Gasteiger charge is -2.35. The Balaban J connectivity index is 2.09. The minimum atomic E-state index is 0.268. The lowest BCUT2D eigenvalue weighted by atomic mass is 10.1. The van der Waals surface area contributed by atoms with Crippen molar-refractivity contribution in [3.63, 3.8) is 0 Å². The topological polar surface area (TPSA) is 45.5 Å². The van der Waals surface area contributed by atoms with Gasteiger partial charge in [-0.15, -0.1) is 0 Å². The Labute approximate surface area is 114 Å². The quantitative estimate of drug-likeness (QED) is 0.835. The van der Waals surface area contributed by atoms with E-state index in [-0.39, 0.29) is 12.2 Å². The second kappa shape index (κ2) is 6.05. The van der Waals surface area contributed by atoms with Gasteiger partial charge in [0.25, 0.3) is 0 Å². The first kappa shape index (κ1) is 13.9. The normalized spacial score (nSPS) is 23.9. The largest absolute Gasteiger partial charge is 0.495 e. The van der Waals surface area contributed by atoms with Gasteiger partial charge in [0.05, 0.1) is 24.9 Å². The van der Waals surface area contributed by atoms with Crippen LogP contribution in [0.1, 0.15) is 25.0 Å². The van der Waals surface area contributed by atoms with Gasteiger partial charge < -0.3 is 9.47 Å². The molecule has 0 amide bonds. The van der Waals surface area contributed by atoms with Gasteiger partial charge in [0.2, 0.25) is 0 Å². The summed E-state index contributed by atoms with van der Waals surface area (Å²) in [5.74, 6) is 0.648. The average Bonchev–Trinajstić information content (AvgIpc) is 2.37. The van der Waals surface area contributed by atoms with Crippen molar-refractivity contribution in [1.29, 1.82) is 5.26 Å². The number of rotatable bonds is 3. The standard InChI is InChI=1S/C15H20N2O2/c1-11-8-17(9-12(2)19-11)10-13-4-5-14(7-16)15(6-13)18-3/h4-6,11-12H,8-10H2,1-3H3. The maximum atomic E-state index is 8.97. The summed E-state index contributed by atoms with van der Waals surface area (Å²) in [7, 11) is 1.60. The molecule has 4 heteroatoms. The van der Waals surface area contributed by atoms with Crippen molar-refractivity contribution < 1.29 is 9.47 Å². The van der Waals surface area contributed by atoms with Crippen LogP contribution < -0.4 is 4.74 Å². The van der Waals surface area contributed by atoms with E-state index in [9.17, 15) is 0 Å². The molecule has 0 aromatic heterocycles. The second-order valence-corrected chi connectivity index (χ2v) is 5.10. The summed E-state index contributed by atoms with van der Waals surface area (Å²) in [6, 6.07) is 7.89. The molecule has 0 aliphatic carbocycles. The van der Waals surface area contributed by atoms with E-state index < -0.39 is 0 Å². The highest BCUT2D eigenvalue weighted by molar-refractivity contribution is 5.45. The Morgan fingerprint density at radius 1 is 1.37 bits per heavy atom. The molecule has 1 aromatic rings. The van der Waals surface area contributed by atoms with E-state index in [0.29, 0.717) is 11.3 Å². The third-order valence-electron chi connectivity index (χ3n) is 3.29. The van der Waals surface area contributed by atoms with Crippen molar-refractivity contribution in [2.45, 2.75) is 32.6 Å². The van der Waals surface area contributed by atoms with Gasteiger partial charge in [-0.05, 0) is 31.5 Å². The zero-order valence-electron chi connectivity index (χ0n) is 11.7. The minimum absolute atomic E-state index is 0.268. The average molecular weight is 260 g/mol. The summed E-state index contributed by atoms with van der Waals surface area (Å²) in [6.45, 7) is 6.93. The molecule has 2 atom stereocenters. The second-order valence-electron chi connectivity index (χ2n) is 5.10. The zero-order chi connectivity index (χ0) is 13.8. The number of hydrogen-bond acceptors (Lipinski definition) is 4. The third-order valence-corrected chi connectivity index (χ3v) is 3.29. The van der Waals surface area contributed by atoms with Crippen LogP contribution in [0.15, 0.2) is 18.2 Å². The van der Waals surface area contributed by atoms with Crippen LogP contribution in [0.4, 0.5) is 0 Å². The molecule has 0 radical (unpaired) electrons. The van der Waals surface area contributed by atoms with Gasteiger partial charge in [-0.2, -0.15) is 5.26 Å². The predicted octanol–water partition coefficient (Wildman–Crippen LogP) is 2.18. The fourth-order valence-electron chi connectivity index (χ4n) is 2.60. The molecule has 1 saturated heterocycles. The molecule has 0 bridgehead atoms. The molecule has 1 aliphatic rings. The third kappa shape index (κ3) is 3.46. The van der Waals surface area contributed by atoms with Crippen LogP contribution in [0, 0.1) is 11.3 Å². The molecule has 2 unspecified atom stereocenters. The number of morpholine rings is 1. The summed E-state index contributed by atoms with van der Waals surface area (Å²) >= 11 is 0. The molecule has 0 N–H and O–H groups in total. The van der Waals surface area contributed by atoms with Crippen molar-refractivity contribution in [3.05, 3.63) is 29.3 Å². The molecular weight excluding hydrogens is 240 g/mol. The van der Waals surface area contributed by atoms with E-state index in [1.807, 2.05) is 18.2 Å². The Morgan fingerprint density at radius 2 is 2.05 bits per heavy atom. The highest BCUT2D eigenvalue weighted by Gasteiger charge is 2.22. The molecular formula is C15H20N2O2. The Morgan fingerprint density at radius 3 is 2.63 bits per heavy atom. The van der Waals surface area contributed by atoms with Crippen LogP contribution in [0.2, 0.25) is 0 Å². The Hall–Kier alpha value is -1.57. The zero-order valence-corrected chi connectivity index (χ0v) is 11.7. The number of hydrogen-bond donors (Lipinski definition) is 0. The lowest BCUT2D eigenvalue weighted by Crippen LogP contribution is -2.44. The van der Waals surface area contributed by atoms with E-state index in [1.54, 1.807) is 7.11 Å². The molecule has 1 aromatic carbocycles. The smallest absolute Gasteiger partial charge is 0.136 e. The number of nitrogens with zero attached hydrogens (tertiary/aromatic N) is 2. The van der Waals surface area contributed by atoms with E-state index >= 15 is 0 Å². The molecule has 0 saturated carbocycles. The molecule has 0 spiro atoms. The molecule has 102 valence electrons. The first-order valence-electron chi connectivity index (χ1n) is 6.57. The maximum absolute atomic E-state index is 8.97. The number of benzene rings is 1. The summed E-state index contributed by atoms with van der Waals surface area (Å²) in [6.07, 6.45) is 0.535. The van der Waals surface area contributed by atoms with E-state index in [0.717, 1.165) is 25.2 Å². The van der Waals surface area contributed by atoms with E-state index in [4.69, 9.17) is 14.7 Å². The van der Waals surface area contributed by atoms with Crippen LogP contribution in [0.5, 0.6) is 5.75 Å². The Kier molecular flexibility index (Phi) is 4.41. The first-order chi connectivity index (χ1) is 9.12. The summed E-state index contributed by atoms with van der Waals surface area (Å²) < 4.78 is 11.0. The molecule has 1 fully saturated rings. The van der Waals surface area contributed by atoms with E-state index in [2.05, 4.69) is 24.8 Å².